The lowest BCUT2D eigenvalue weighted by Crippen LogP contribution is -2.02. The number of carbonyl (C=O) groups is 1. The number of rotatable bonds is 2. The Balaban J connectivity index is 2.06. The highest BCUT2D eigenvalue weighted by atomic mass is 19.1. The van der Waals surface area contributed by atoms with Crippen LogP contribution in [0.5, 0.6) is 0 Å². The van der Waals surface area contributed by atoms with Crippen molar-refractivity contribution in [3.63, 3.8) is 0 Å². The molecule has 0 spiro atoms. The molecule has 2 heterocycles. The van der Waals surface area contributed by atoms with Gasteiger partial charge in [0, 0.05) is 28.9 Å². The molecule has 0 N–H and O–H groups in total. The third-order valence-electron chi connectivity index (χ3n) is 2.84. The fourth-order valence-electron chi connectivity index (χ4n) is 1.91. The van der Waals surface area contributed by atoms with E-state index in [9.17, 15) is 9.18 Å². The number of ketones is 1. The molecule has 0 aliphatic rings. The zero-order valence-electron chi connectivity index (χ0n) is 9.88. The topological polar surface area (TPSA) is 42.9 Å². The maximum atomic E-state index is 13.1. The summed E-state index contributed by atoms with van der Waals surface area (Å²) in [5.74, 6) is -0.788. The van der Waals surface area contributed by atoms with Gasteiger partial charge >= 0.3 is 0 Å². The molecule has 19 heavy (non-hydrogen) atoms. The highest BCUT2D eigenvalue weighted by molar-refractivity contribution is 6.10. The predicted octanol–water partition coefficient (Wildman–Crippen LogP) is 3.00. The second-order valence-corrected chi connectivity index (χ2v) is 4.13. The van der Waals surface area contributed by atoms with Crippen LogP contribution in [-0.2, 0) is 0 Å². The minimum Gasteiger partial charge on any atom is -0.289 e. The van der Waals surface area contributed by atoms with Gasteiger partial charge in [0.05, 0.1) is 11.7 Å². The molecule has 0 saturated carbocycles. The monoisotopic (exact) mass is 252 g/mol. The smallest absolute Gasteiger partial charge is 0.194 e. The standard InChI is InChI=1S/C15H9FN2O/c16-13-6-12(8-17-9-13)15(19)11-4-3-10-2-1-5-18-14(10)7-11/h1-9H. The molecule has 0 atom stereocenters. The minimum absolute atomic E-state index is 0.232. The normalized spacial score (nSPS) is 10.6. The van der Waals surface area contributed by atoms with Crippen molar-refractivity contribution in [3.8, 4) is 0 Å². The summed E-state index contributed by atoms with van der Waals surface area (Å²) in [6.07, 6.45) is 4.09. The van der Waals surface area contributed by atoms with Crippen LogP contribution in [0.4, 0.5) is 4.39 Å². The van der Waals surface area contributed by atoms with E-state index in [1.54, 1.807) is 18.3 Å². The lowest BCUT2D eigenvalue weighted by molar-refractivity contribution is 0.103. The Bertz CT molecular complexity index is 771. The van der Waals surface area contributed by atoms with E-state index in [0.29, 0.717) is 5.56 Å². The molecule has 0 radical (unpaired) electrons. The largest absolute Gasteiger partial charge is 0.289 e. The minimum atomic E-state index is -0.523. The average Bonchev–Trinajstić information content (AvgIpc) is 2.46. The van der Waals surface area contributed by atoms with E-state index >= 15 is 0 Å². The third-order valence-corrected chi connectivity index (χ3v) is 2.84. The first-order valence-corrected chi connectivity index (χ1v) is 5.74. The van der Waals surface area contributed by atoms with Gasteiger partial charge < -0.3 is 0 Å². The Kier molecular flexibility index (Phi) is 2.76. The molecule has 0 fully saturated rings. The Hall–Kier alpha value is -2.62. The molecule has 0 aliphatic carbocycles. The fraction of sp³-hybridized carbons (Fsp3) is 0. The number of pyridine rings is 2. The van der Waals surface area contributed by atoms with Crippen molar-refractivity contribution in [1.82, 2.24) is 9.97 Å². The Labute approximate surface area is 108 Å². The van der Waals surface area contributed by atoms with Crippen molar-refractivity contribution in [1.29, 1.82) is 0 Å². The van der Waals surface area contributed by atoms with Crippen LogP contribution in [0.2, 0.25) is 0 Å². The molecule has 3 nitrogen and oxygen atoms in total. The van der Waals surface area contributed by atoms with Crippen LogP contribution < -0.4 is 0 Å². The summed E-state index contributed by atoms with van der Waals surface area (Å²) in [7, 11) is 0. The summed E-state index contributed by atoms with van der Waals surface area (Å²) in [5.41, 5.74) is 1.44. The highest BCUT2D eigenvalue weighted by Crippen LogP contribution is 2.16. The average molecular weight is 252 g/mol. The third kappa shape index (κ3) is 2.20. The van der Waals surface area contributed by atoms with Crippen LogP contribution in [0.3, 0.4) is 0 Å². The van der Waals surface area contributed by atoms with E-state index < -0.39 is 5.82 Å². The number of hydrogen-bond acceptors (Lipinski definition) is 3. The van der Waals surface area contributed by atoms with E-state index in [1.807, 2.05) is 18.2 Å². The van der Waals surface area contributed by atoms with E-state index in [4.69, 9.17) is 0 Å². The van der Waals surface area contributed by atoms with Crippen molar-refractivity contribution in [2.75, 3.05) is 0 Å². The summed E-state index contributed by atoms with van der Waals surface area (Å²) in [6, 6.07) is 10.2. The second-order valence-electron chi connectivity index (χ2n) is 4.13. The zero-order valence-corrected chi connectivity index (χ0v) is 9.88. The fourth-order valence-corrected chi connectivity index (χ4v) is 1.91. The van der Waals surface area contributed by atoms with Crippen molar-refractivity contribution in [2.24, 2.45) is 0 Å². The van der Waals surface area contributed by atoms with Gasteiger partial charge in [-0.05, 0) is 18.2 Å². The number of fused-ring (bicyclic) bond motifs is 1. The molecule has 0 amide bonds. The van der Waals surface area contributed by atoms with Crippen LogP contribution in [0, 0.1) is 5.82 Å². The maximum Gasteiger partial charge on any atom is 0.194 e. The molecule has 3 aromatic rings. The molecule has 0 aliphatic heterocycles. The Morgan fingerprint density at radius 1 is 1.05 bits per heavy atom. The highest BCUT2D eigenvalue weighted by Gasteiger charge is 2.11. The van der Waals surface area contributed by atoms with Crippen LogP contribution in [0.15, 0.2) is 55.0 Å². The number of carbonyl (C=O) groups excluding carboxylic acids is 1. The molecule has 0 unspecified atom stereocenters. The number of nitrogens with zero attached hydrogens (tertiary/aromatic N) is 2. The van der Waals surface area contributed by atoms with Gasteiger partial charge in [-0.1, -0.05) is 18.2 Å². The van der Waals surface area contributed by atoms with Gasteiger partial charge in [0.1, 0.15) is 5.82 Å². The van der Waals surface area contributed by atoms with E-state index in [1.165, 1.54) is 12.3 Å². The summed E-state index contributed by atoms with van der Waals surface area (Å²) >= 11 is 0. The van der Waals surface area contributed by atoms with Crippen molar-refractivity contribution in [2.45, 2.75) is 0 Å². The van der Waals surface area contributed by atoms with Gasteiger partial charge in [-0.25, -0.2) is 4.39 Å². The predicted molar refractivity (Wildman–Crippen MR) is 69.4 cm³/mol. The van der Waals surface area contributed by atoms with E-state index in [2.05, 4.69) is 9.97 Å². The Morgan fingerprint density at radius 3 is 2.79 bits per heavy atom. The van der Waals surface area contributed by atoms with Crippen LogP contribution in [0.25, 0.3) is 10.9 Å². The molecular weight excluding hydrogens is 243 g/mol. The van der Waals surface area contributed by atoms with Crippen molar-refractivity contribution in [3.05, 3.63) is 71.9 Å². The summed E-state index contributed by atoms with van der Waals surface area (Å²) < 4.78 is 13.1. The summed E-state index contributed by atoms with van der Waals surface area (Å²) in [4.78, 5) is 20.1. The molecule has 3 rings (SSSR count). The van der Waals surface area contributed by atoms with Gasteiger partial charge in [0.15, 0.2) is 5.78 Å². The van der Waals surface area contributed by atoms with Crippen molar-refractivity contribution < 1.29 is 9.18 Å². The number of halogens is 1. The van der Waals surface area contributed by atoms with E-state index in [0.717, 1.165) is 17.1 Å². The van der Waals surface area contributed by atoms with Crippen molar-refractivity contribution >= 4 is 16.7 Å². The first-order chi connectivity index (χ1) is 9.24. The molecule has 92 valence electrons. The second kappa shape index (κ2) is 4.57. The van der Waals surface area contributed by atoms with Gasteiger partial charge in [-0.15, -0.1) is 0 Å². The molecule has 2 aromatic heterocycles. The molecule has 0 bridgehead atoms. The van der Waals surface area contributed by atoms with Gasteiger partial charge in [0.25, 0.3) is 0 Å². The maximum absolute atomic E-state index is 13.1. The van der Waals surface area contributed by atoms with Crippen LogP contribution >= 0.6 is 0 Å². The summed E-state index contributed by atoms with van der Waals surface area (Å²) in [5, 5.41) is 0.955. The van der Waals surface area contributed by atoms with E-state index in [-0.39, 0.29) is 11.3 Å². The van der Waals surface area contributed by atoms with Gasteiger partial charge in [-0.2, -0.15) is 0 Å². The number of benzene rings is 1. The first kappa shape index (κ1) is 11.5. The van der Waals surface area contributed by atoms with Gasteiger partial charge in [-0.3, -0.25) is 14.8 Å². The first-order valence-electron chi connectivity index (χ1n) is 5.74. The lowest BCUT2D eigenvalue weighted by atomic mass is 10.0. The molecule has 0 saturated heterocycles. The van der Waals surface area contributed by atoms with Crippen LogP contribution in [-0.4, -0.2) is 15.8 Å². The quantitative estimate of drug-likeness (QED) is 0.658. The van der Waals surface area contributed by atoms with Crippen LogP contribution in [0.1, 0.15) is 15.9 Å². The Morgan fingerprint density at radius 2 is 1.95 bits per heavy atom. The number of hydrogen-bond donors (Lipinski definition) is 0. The number of aromatic nitrogens is 2. The van der Waals surface area contributed by atoms with Gasteiger partial charge in [0.2, 0.25) is 0 Å². The SMILES string of the molecule is O=C(c1cncc(F)c1)c1ccc2cccnc2c1. The molecule has 4 heteroatoms. The summed E-state index contributed by atoms with van der Waals surface area (Å²) in [6.45, 7) is 0. The molecular formula is C15H9FN2O. The zero-order chi connectivity index (χ0) is 13.2. The molecule has 1 aromatic carbocycles. The lowest BCUT2D eigenvalue weighted by Gasteiger charge is -2.02.